The average molecular weight is 897 g/mol. The van der Waals surface area contributed by atoms with Gasteiger partial charge in [-0.15, -0.1) is 0 Å². The van der Waals surface area contributed by atoms with Crippen molar-refractivity contribution in [2.45, 2.75) is 211 Å². The van der Waals surface area contributed by atoms with Crippen LogP contribution in [-0.2, 0) is 27.9 Å². The van der Waals surface area contributed by atoms with Gasteiger partial charge < -0.3 is 39.9 Å². The highest BCUT2D eigenvalue weighted by Crippen LogP contribution is 2.47. The topological polar surface area (TPSA) is 192 Å². The van der Waals surface area contributed by atoms with Crippen LogP contribution in [-0.4, -0.2) is 98.9 Å². The summed E-state index contributed by atoms with van der Waals surface area (Å²) in [4.78, 5) is 23.1. The van der Waals surface area contributed by atoms with Crippen LogP contribution in [0.5, 0.6) is 0 Å². The summed E-state index contributed by atoms with van der Waals surface area (Å²) in [7, 11) is -5.03. The summed E-state index contributed by atoms with van der Waals surface area (Å²) in [5.41, 5.74) is 0. The number of esters is 1. The molecule has 13 heteroatoms. The number of phosphoric ester groups is 1. The highest BCUT2D eigenvalue weighted by molar-refractivity contribution is 7.47. The van der Waals surface area contributed by atoms with E-state index >= 15 is 0 Å². The Bertz CT molecular complexity index is 1300. The van der Waals surface area contributed by atoms with Gasteiger partial charge >= 0.3 is 13.8 Å². The quantitative estimate of drug-likeness (QED) is 0.0148. The molecule has 0 heterocycles. The first-order valence-electron chi connectivity index (χ1n) is 23.8. The molecule has 62 heavy (non-hydrogen) atoms. The zero-order valence-corrected chi connectivity index (χ0v) is 39.0. The molecular weight excluding hydrogens is 812 g/mol. The summed E-state index contributed by atoms with van der Waals surface area (Å²) >= 11 is 0. The Labute approximate surface area is 374 Å². The number of phosphoric acid groups is 1. The van der Waals surface area contributed by atoms with Gasteiger partial charge in [-0.3, -0.25) is 13.8 Å². The molecule has 0 spiro atoms. The van der Waals surface area contributed by atoms with Gasteiger partial charge in [0.2, 0.25) is 0 Å². The Balaban J connectivity index is 2.38. The molecule has 6 atom stereocenters. The highest BCUT2D eigenvalue weighted by atomic mass is 31.2. The molecule has 0 amide bonds. The summed E-state index contributed by atoms with van der Waals surface area (Å²) in [5.74, 6) is -0.496. The molecule has 0 bridgehead atoms. The van der Waals surface area contributed by atoms with Crippen LogP contribution < -0.4 is 0 Å². The lowest BCUT2D eigenvalue weighted by atomic mass is 9.85. The molecule has 1 aliphatic carbocycles. The molecule has 12 nitrogen and oxygen atoms in total. The number of rotatable bonds is 39. The number of hydrogen-bond acceptors (Lipinski definition) is 11. The van der Waals surface area contributed by atoms with E-state index in [1.165, 1.54) is 25.7 Å². The monoisotopic (exact) mass is 897 g/mol. The Kier molecular flexibility index (Phi) is 36.5. The van der Waals surface area contributed by atoms with Gasteiger partial charge in [-0.25, -0.2) is 4.57 Å². The first-order valence-corrected chi connectivity index (χ1v) is 25.3. The van der Waals surface area contributed by atoms with E-state index in [1.807, 2.05) is 0 Å². The maximum atomic E-state index is 12.8. The zero-order chi connectivity index (χ0) is 45.5. The number of ether oxygens (including phenoxy) is 2. The van der Waals surface area contributed by atoms with Crippen molar-refractivity contribution in [3.8, 4) is 0 Å². The second-order valence-corrected chi connectivity index (χ2v) is 17.6. The van der Waals surface area contributed by atoms with Crippen LogP contribution >= 0.6 is 7.82 Å². The second-order valence-electron chi connectivity index (χ2n) is 16.2. The van der Waals surface area contributed by atoms with E-state index < -0.39 is 63.1 Å². The summed E-state index contributed by atoms with van der Waals surface area (Å²) in [5, 5.41) is 50.2. The maximum absolute atomic E-state index is 12.8. The fraction of sp³-hybridized carbons (Fsp3) is 0.735. The number of aliphatic hydroxyl groups is 5. The third-order valence-corrected chi connectivity index (χ3v) is 11.5. The molecule has 358 valence electrons. The Morgan fingerprint density at radius 1 is 0.532 bits per heavy atom. The minimum absolute atomic E-state index is 0.0938. The molecule has 0 aromatic heterocycles. The number of aliphatic hydroxyl groups excluding tert-OH is 5. The molecule has 0 aromatic carbocycles. The predicted molar refractivity (Wildman–Crippen MR) is 248 cm³/mol. The Morgan fingerprint density at radius 2 is 0.952 bits per heavy atom. The van der Waals surface area contributed by atoms with Crippen molar-refractivity contribution >= 4 is 13.8 Å². The van der Waals surface area contributed by atoms with Crippen LogP contribution in [0.1, 0.15) is 168 Å². The minimum atomic E-state index is -5.03. The van der Waals surface area contributed by atoms with E-state index in [0.717, 1.165) is 116 Å². The molecule has 0 radical (unpaired) electrons. The molecule has 1 aliphatic rings. The van der Waals surface area contributed by atoms with E-state index in [0.29, 0.717) is 13.0 Å². The van der Waals surface area contributed by atoms with E-state index in [1.54, 1.807) is 0 Å². The SMILES string of the molecule is CC/C=C\C/C=C\C/C=C\C/C=C\C/C=C\CCCCCCCCOCC(COP(=O)(O)OC1C(O)C(O)C(O)C(O)C1O)OC(=O)CCCCCCC/C=C\CCCCCC. The third-order valence-electron chi connectivity index (χ3n) is 10.6. The smallest absolute Gasteiger partial charge is 0.457 e. The lowest BCUT2D eigenvalue weighted by Crippen LogP contribution is -2.64. The summed E-state index contributed by atoms with van der Waals surface area (Å²) in [6.07, 6.45) is 38.2. The van der Waals surface area contributed by atoms with Crippen molar-refractivity contribution in [3.05, 3.63) is 72.9 Å². The Morgan fingerprint density at radius 3 is 1.47 bits per heavy atom. The Hall–Kier alpha value is -2.22. The molecular formula is C49H85O12P. The van der Waals surface area contributed by atoms with E-state index in [-0.39, 0.29) is 13.0 Å². The van der Waals surface area contributed by atoms with Crippen molar-refractivity contribution in [3.63, 3.8) is 0 Å². The van der Waals surface area contributed by atoms with Gasteiger partial charge in [-0.05, 0) is 83.5 Å². The van der Waals surface area contributed by atoms with E-state index in [9.17, 15) is 39.8 Å². The minimum Gasteiger partial charge on any atom is -0.457 e. The number of hydrogen-bond donors (Lipinski definition) is 6. The molecule has 0 saturated heterocycles. The van der Waals surface area contributed by atoms with Crippen LogP contribution in [0.2, 0.25) is 0 Å². The fourth-order valence-corrected chi connectivity index (χ4v) is 7.76. The van der Waals surface area contributed by atoms with E-state index in [2.05, 4.69) is 86.8 Å². The summed E-state index contributed by atoms with van der Waals surface area (Å²) in [6.45, 7) is 4.07. The zero-order valence-electron chi connectivity index (χ0n) is 38.1. The van der Waals surface area contributed by atoms with Crippen molar-refractivity contribution in [2.75, 3.05) is 19.8 Å². The summed E-state index contributed by atoms with van der Waals surface area (Å²) < 4.78 is 34.2. The van der Waals surface area contributed by atoms with Gasteiger partial charge in [0.15, 0.2) is 0 Å². The van der Waals surface area contributed by atoms with Crippen molar-refractivity contribution in [2.24, 2.45) is 0 Å². The lowest BCUT2D eigenvalue weighted by Gasteiger charge is -2.41. The molecule has 6 N–H and O–H groups in total. The van der Waals surface area contributed by atoms with Crippen molar-refractivity contribution < 1.29 is 58.3 Å². The predicted octanol–water partition coefficient (Wildman–Crippen LogP) is 9.97. The largest absolute Gasteiger partial charge is 0.472 e. The molecule has 0 aliphatic heterocycles. The van der Waals surface area contributed by atoms with Gasteiger partial charge in [-0.1, -0.05) is 151 Å². The molecule has 1 fully saturated rings. The standard InChI is InChI=1S/C49H85O12P/c1-3-5-7-9-11-13-15-17-18-19-20-21-22-23-24-25-27-29-31-33-35-37-39-58-40-42(41-59-62(56,57)61-49-47(54)45(52)44(51)46(53)48(49)55)60-43(50)38-36-34-32-30-28-26-16-14-12-10-8-6-4-2/h5,7,11,13-14,16-18,20-21,23-24,42,44-49,51-55H,3-4,6,8-10,12,15,19,22,25-41H2,1-2H3,(H,56,57)/b7-5-,13-11-,16-14-,18-17-,21-20-,24-23-. The van der Waals surface area contributed by atoms with Gasteiger partial charge in [-0.2, -0.15) is 0 Å². The van der Waals surface area contributed by atoms with Gasteiger partial charge in [0.05, 0.1) is 13.2 Å². The average Bonchev–Trinajstić information content (AvgIpc) is 3.26. The molecule has 1 saturated carbocycles. The lowest BCUT2D eigenvalue weighted by molar-refractivity contribution is -0.220. The fourth-order valence-electron chi connectivity index (χ4n) is 6.79. The summed E-state index contributed by atoms with van der Waals surface area (Å²) in [6, 6.07) is 0. The first-order chi connectivity index (χ1) is 30.0. The van der Waals surface area contributed by atoms with Crippen molar-refractivity contribution in [1.82, 2.24) is 0 Å². The first kappa shape index (κ1) is 57.8. The second kappa shape index (κ2) is 39.2. The van der Waals surface area contributed by atoms with Crippen LogP contribution in [0.4, 0.5) is 0 Å². The number of carbonyl (C=O) groups is 1. The van der Waals surface area contributed by atoms with Crippen LogP contribution in [0.25, 0.3) is 0 Å². The van der Waals surface area contributed by atoms with Gasteiger partial charge in [0.25, 0.3) is 0 Å². The van der Waals surface area contributed by atoms with Crippen LogP contribution in [0, 0.1) is 0 Å². The third kappa shape index (κ3) is 30.8. The van der Waals surface area contributed by atoms with Gasteiger partial charge in [0.1, 0.15) is 42.7 Å². The number of allylic oxidation sites excluding steroid dienone is 12. The van der Waals surface area contributed by atoms with Gasteiger partial charge in [0, 0.05) is 13.0 Å². The van der Waals surface area contributed by atoms with Crippen LogP contribution in [0.15, 0.2) is 72.9 Å². The molecule has 1 rings (SSSR count). The normalized spacial score (nSPS) is 22.6. The van der Waals surface area contributed by atoms with Crippen LogP contribution in [0.3, 0.4) is 0 Å². The number of carbonyl (C=O) groups excluding carboxylic acids is 1. The molecule has 0 aromatic rings. The maximum Gasteiger partial charge on any atom is 0.472 e. The van der Waals surface area contributed by atoms with Crippen molar-refractivity contribution in [1.29, 1.82) is 0 Å². The molecule has 6 unspecified atom stereocenters. The van der Waals surface area contributed by atoms with E-state index in [4.69, 9.17) is 18.5 Å². The number of unbranched alkanes of at least 4 members (excludes halogenated alkanes) is 15. The highest BCUT2D eigenvalue weighted by Gasteiger charge is 2.51.